The summed E-state index contributed by atoms with van der Waals surface area (Å²) < 4.78 is 1.93. The molecular formula is C28H32N7O+. The first kappa shape index (κ1) is 24.8. The first-order valence-corrected chi connectivity index (χ1v) is 11.8. The Bertz CT molecular complexity index is 1490. The van der Waals surface area contributed by atoms with Crippen molar-refractivity contribution >= 4 is 34.3 Å². The Labute approximate surface area is 210 Å². The van der Waals surface area contributed by atoms with E-state index in [4.69, 9.17) is 16.1 Å². The normalized spacial score (nSPS) is 12.1. The van der Waals surface area contributed by atoms with Gasteiger partial charge >= 0.3 is 0 Å². The van der Waals surface area contributed by atoms with Gasteiger partial charge in [-0.1, -0.05) is 18.2 Å². The smallest absolute Gasteiger partial charge is 0.250 e. The number of nitrogens with zero attached hydrogens (tertiary/aromatic N) is 3. The molecule has 0 saturated carbocycles. The van der Waals surface area contributed by atoms with Gasteiger partial charge in [-0.15, -0.1) is 0 Å². The highest BCUT2D eigenvalue weighted by Gasteiger charge is 2.18. The lowest BCUT2D eigenvalue weighted by atomic mass is 9.96. The zero-order valence-corrected chi connectivity index (χ0v) is 21.3. The molecule has 2 heterocycles. The second-order valence-corrected chi connectivity index (χ2v) is 9.75. The number of anilines is 1. The van der Waals surface area contributed by atoms with Crippen molar-refractivity contribution in [2.75, 3.05) is 12.4 Å². The number of allylic oxidation sites excluding steroid dienone is 1. The fourth-order valence-electron chi connectivity index (χ4n) is 4.23. The number of hydrogen-bond donors (Lipinski definition) is 4. The highest BCUT2D eigenvalue weighted by Crippen LogP contribution is 2.34. The molecule has 0 aliphatic carbocycles. The summed E-state index contributed by atoms with van der Waals surface area (Å²) in [6.45, 7) is 8.09. The van der Waals surface area contributed by atoms with Crippen molar-refractivity contribution in [2.45, 2.75) is 33.2 Å². The number of carbonyl (C=O) groups excluding carboxylic acids is 1. The maximum Gasteiger partial charge on any atom is 0.250 e. The van der Waals surface area contributed by atoms with Gasteiger partial charge in [0.25, 0.3) is 5.91 Å². The fraction of sp³-hybridized carbons (Fsp3) is 0.214. The van der Waals surface area contributed by atoms with Gasteiger partial charge in [-0.25, -0.2) is 4.98 Å². The van der Waals surface area contributed by atoms with E-state index >= 15 is 0 Å². The van der Waals surface area contributed by atoms with Gasteiger partial charge in [0.2, 0.25) is 0 Å². The van der Waals surface area contributed by atoms with Crippen molar-refractivity contribution in [1.82, 2.24) is 14.5 Å². The van der Waals surface area contributed by atoms with Crippen LogP contribution in [0.25, 0.3) is 33.3 Å². The molecule has 0 atom stereocenters. The summed E-state index contributed by atoms with van der Waals surface area (Å²) in [5, 5.41) is 14.0. The van der Waals surface area contributed by atoms with Crippen LogP contribution >= 0.6 is 0 Å². The number of pyridine rings is 1. The molecule has 8 nitrogen and oxygen atoms in total. The van der Waals surface area contributed by atoms with Crippen LogP contribution in [0.5, 0.6) is 0 Å². The SMILES string of the molecule is C[NH2+]/C=C(\C=N)c1cn(-c2cccc3c(-c4ccc(C(N)=O)c(NC(C)(C)C)c4)cc(C)nc23)cn1. The summed E-state index contributed by atoms with van der Waals surface area (Å²) in [5.74, 6) is -0.471. The van der Waals surface area contributed by atoms with E-state index in [1.807, 2.05) is 87.4 Å². The standard InChI is InChI=1S/C28H31N7O/c1-17-11-22(18-9-10-21(27(30)36)23(12-18)34-28(2,3)4)20-7-6-8-25(26(20)33-17)35-15-24(32-16-35)19(13-29)14-31-5/h6-16,29,31,34H,1-5H3,(H2,30,36)/p+1/b19-14+,29-13?. The van der Waals surface area contributed by atoms with Crippen molar-refractivity contribution in [2.24, 2.45) is 5.73 Å². The summed E-state index contributed by atoms with van der Waals surface area (Å²) >= 11 is 0. The quantitative estimate of drug-likeness (QED) is 0.298. The van der Waals surface area contributed by atoms with Crippen LogP contribution in [-0.2, 0) is 0 Å². The van der Waals surface area contributed by atoms with Crippen LogP contribution in [0.2, 0.25) is 0 Å². The molecule has 184 valence electrons. The minimum Gasteiger partial charge on any atom is -0.380 e. The van der Waals surface area contributed by atoms with Crippen LogP contribution in [0.4, 0.5) is 5.69 Å². The molecule has 2 aromatic carbocycles. The molecule has 4 rings (SSSR count). The maximum atomic E-state index is 12.1. The third-order valence-electron chi connectivity index (χ3n) is 5.71. The van der Waals surface area contributed by atoms with Gasteiger partial charge in [0, 0.05) is 34.7 Å². The van der Waals surface area contributed by atoms with Gasteiger partial charge in [-0.2, -0.15) is 0 Å². The van der Waals surface area contributed by atoms with E-state index < -0.39 is 5.91 Å². The first-order valence-electron chi connectivity index (χ1n) is 11.8. The van der Waals surface area contributed by atoms with Crippen molar-refractivity contribution in [3.8, 4) is 16.8 Å². The Morgan fingerprint density at radius 2 is 1.97 bits per heavy atom. The number of amides is 1. The summed E-state index contributed by atoms with van der Waals surface area (Å²) in [6, 6.07) is 13.8. The lowest BCUT2D eigenvalue weighted by Crippen LogP contribution is -2.72. The molecule has 8 heteroatoms. The Hall–Kier alpha value is -4.30. The molecule has 0 unspecified atom stereocenters. The molecule has 0 saturated heterocycles. The lowest BCUT2D eigenvalue weighted by Gasteiger charge is -2.24. The number of rotatable bonds is 7. The number of carbonyl (C=O) groups is 1. The minimum atomic E-state index is -0.471. The van der Waals surface area contributed by atoms with Crippen molar-refractivity contribution in [3.63, 3.8) is 0 Å². The topological polar surface area (TPSA) is 126 Å². The number of nitrogens with one attached hydrogen (secondary N) is 2. The molecule has 2 aromatic heterocycles. The van der Waals surface area contributed by atoms with Crippen molar-refractivity contribution in [3.05, 3.63) is 78.1 Å². The van der Waals surface area contributed by atoms with Crippen LogP contribution in [0.1, 0.15) is 42.5 Å². The summed E-state index contributed by atoms with van der Waals surface area (Å²) in [7, 11) is 1.91. The Morgan fingerprint density at radius 1 is 1.19 bits per heavy atom. The van der Waals surface area contributed by atoms with Crippen LogP contribution < -0.4 is 16.4 Å². The van der Waals surface area contributed by atoms with Crippen LogP contribution in [0, 0.1) is 12.3 Å². The van der Waals surface area contributed by atoms with E-state index in [9.17, 15) is 4.79 Å². The number of primary amides is 1. The number of aromatic nitrogens is 3. The summed E-state index contributed by atoms with van der Waals surface area (Å²) in [4.78, 5) is 21.5. The third-order valence-corrected chi connectivity index (χ3v) is 5.71. The molecule has 0 aliphatic heterocycles. The molecule has 0 radical (unpaired) electrons. The Balaban J connectivity index is 1.89. The molecule has 0 bridgehead atoms. The number of quaternary nitrogens is 1. The van der Waals surface area contributed by atoms with Gasteiger partial charge < -0.3 is 26.3 Å². The molecule has 1 amide bonds. The summed E-state index contributed by atoms with van der Waals surface area (Å²) in [6.07, 6.45) is 6.82. The highest BCUT2D eigenvalue weighted by atomic mass is 16.1. The lowest BCUT2D eigenvalue weighted by molar-refractivity contribution is -0.555. The van der Waals surface area contributed by atoms with Gasteiger partial charge in [0.15, 0.2) is 0 Å². The second kappa shape index (κ2) is 9.75. The maximum absolute atomic E-state index is 12.1. The van der Waals surface area contributed by atoms with Gasteiger partial charge in [0.05, 0.1) is 41.4 Å². The van der Waals surface area contributed by atoms with Gasteiger partial charge in [-0.05, 0) is 63.1 Å². The molecular weight excluding hydrogens is 450 g/mol. The molecule has 0 fully saturated rings. The summed E-state index contributed by atoms with van der Waals surface area (Å²) in [5.41, 5.74) is 12.6. The molecule has 4 aromatic rings. The molecule has 0 spiro atoms. The Morgan fingerprint density at radius 3 is 2.64 bits per heavy atom. The van der Waals surface area contributed by atoms with Gasteiger partial charge in [-0.3, -0.25) is 9.78 Å². The third kappa shape index (κ3) is 5.04. The van der Waals surface area contributed by atoms with E-state index in [-0.39, 0.29) is 5.54 Å². The predicted octanol–water partition coefficient (Wildman–Crippen LogP) is 3.89. The van der Waals surface area contributed by atoms with Crippen LogP contribution in [0.3, 0.4) is 0 Å². The largest absolute Gasteiger partial charge is 0.380 e. The van der Waals surface area contributed by atoms with E-state index in [2.05, 4.69) is 16.4 Å². The number of para-hydroxylation sites is 1. The number of hydrogen-bond acceptors (Lipinski definition) is 5. The molecule has 6 N–H and O–H groups in total. The highest BCUT2D eigenvalue weighted by molar-refractivity contribution is 6.07. The first-order chi connectivity index (χ1) is 17.1. The molecule has 36 heavy (non-hydrogen) atoms. The van der Waals surface area contributed by atoms with E-state index in [0.29, 0.717) is 16.9 Å². The van der Waals surface area contributed by atoms with E-state index in [1.165, 1.54) is 6.21 Å². The second-order valence-electron chi connectivity index (χ2n) is 9.75. The number of fused-ring (bicyclic) bond motifs is 1. The van der Waals surface area contributed by atoms with Gasteiger partial charge in [0.1, 0.15) is 6.20 Å². The van der Waals surface area contributed by atoms with Crippen molar-refractivity contribution < 1.29 is 10.1 Å². The minimum absolute atomic E-state index is 0.245. The van der Waals surface area contributed by atoms with E-state index in [1.54, 1.807) is 12.4 Å². The number of benzene rings is 2. The van der Waals surface area contributed by atoms with E-state index in [0.717, 1.165) is 39.0 Å². The van der Waals surface area contributed by atoms with Crippen LogP contribution in [-0.4, -0.2) is 39.2 Å². The predicted molar refractivity (Wildman–Crippen MR) is 146 cm³/mol. The molecule has 0 aliphatic rings. The average Bonchev–Trinajstić information content (AvgIpc) is 3.30. The monoisotopic (exact) mass is 482 g/mol. The van der Waals surface area contributed by atoms with Crippen LogP contribution in [0.15, 0.2) is 61.2 Å². The number of imidazole rings is 1. The average molecular weight is 483 g/mol. The van der Waals surface area contributed by atoms with Crippen molar-refractivity contribution in [1.29, 1.82) is 5.41 Å². The number of nitrogens with two attached hydrogens (primary N) is 2. The zero-order chi connectivity index (χ0) is 26.0. The Kier molecular flexibility index (Phi) is 6.72. The fourth-order valence-corrected chi connectivity index (χ4v) is 4.23. The zero-order valence-electron chi connectivity index (χ0n) is 21.3. The number of aryl methyl sites for hydroxylation is 1.